The van der Waals surface area contributed by atoms with Crippen molar-refractivity contribution in [1.82, 2.24) is 38.9 Å². The number of rotatable bonds is 4. The monoisotopic (exact) mass is 373 g/mol. The third-order valence-corrected chi connectivity index (χ3v) is 4.75. The van der Waals surface area contributed by atoms with E-state index >= 15 is 0 Å². The minimum absolute atomic E-state index is 0.505. The largest absolute Gasteiger partial charge is 0.320 e. The average Bonchev–Trinajstić information content (AvgIpc) is 3.37. The normalized spacial score (nSPS) is 11.5. The minimum Gasteiger partial charge on any atom is -0.320 e. The summed E-state index contributed by atoms with van der Waals surface area (Å²) in [4.78, 5) is 13.9. The van der Waals surface area contributed by atoms with Crippen molar-refractivity contribution in [2.24, 2.45) is 7.05 Å². The van der Waals surface area contributed by atoms with E-state index in [1.807, 2.05) is 44.6 Å². The Morgan fingerprint density at radius 3 is 2.79 bits per heavy atom. The van der Waals surface area contributed by atoms with Crippen LogP contribution >= 0.6 is 0 Å². The summed E-state index contributed by atoms with van der Waals surface area (Å²) in [5.41, 5.74) is 5.39. The number of aromatic nitrogens is 8. The zero-order valence-corrected chi connectivity index (χ0v) is 15.8. The quantitative estimate of drug-likeness (QED) is 0.521. The van der Waals surface area contributed by atoms with E-state index in [1.54, 1.807) is 21.6 Å². The number of imidazole rings is 1. The molecule has 5 heterocycles. The van der Waals surface area contributed by atoms with Crippen molar-refractivity contribution in [3.8, 4) is 11.3 Å². The fourth-order valence-corrected chi connectivity index (χ4v) is 3.43. The van der Waals surface area contributed by atoms with Crippen LogP contribution in [0.2, 0.25) is 0 Å². The van der Waals surface area contributed by atoms with Crippen molar-refractivity contribution in [3.05, 3.63) is 48.8 Å². The Morgan fingerprint density at radius 2 is 2.00 bits per heavy atom. The lowest BCUT2D eigenvalue weighted by Crippen LogP contribution is -2.01. The van der Waals surface area contributed by atoms with Crippen LogP contribution in [0.1, 0.15) is 12.7 Å². The van der Waals surface area contributed by atoms with Gasteiger partial charge in [-0.15, -0.1) is 5.10 Å². The molecule has 0 aliphatic carbocycles. The lowest BCUT2D eigenvalue weighted by Gasteiger charge is -2.05. The Bertz CT molecular complexity index is 1310. The first-order chi connectivity index (χ1) is 13.6. The van der Waals surface area contributed by atoms with Gasteiger partial charge in [0, 0.05) is 31.5 Å². The zero-order chi connectivity index (χ0) is 19.3. The van der Waals surface area contributed by atoms with Gasteiger partial charge in [-0.3, -0.25) is 4.68 Å². The summed E-state index contributed by atoms with van der Waals surface area (Å²) in [6, 6.07) is 6.01. The Labute approximate surface area is 160 Å². The molecule has 28 heavy (non-hydrogen) atoms. The van der Waals surface area contributed by atoms with Gasteiger partial charge >= 0.3 is 0 Å². The van der Waals surface area contributed by atoms with E-state index in [1.165, 1.54) is 0 Å². The van der Waals surface area contributed by atoms with Gasteiger partial charge in [0.2, 0.25) is 5.95 Å². The van der Waals surface area contributed by atoms with Gasteiger partial charge in [-0.05, 0) is 32.0 Å². The topological polar surface area (TPSA) is 90.8 Å². The van der Waals surface area contributed by atoms with Crippen LogP contribution in [-0.4, -0.2) is 38.9 Å². The van der Waals surface area contributed by atoms with E-state index in [-0.39, 0.29) is 0 Å². The molecule has 0 aliphatic heterocycles. The van der Waals surface area contributed by atoms with E-state index in [9.17, 15) is 0 Å². The second kappa shape index (κ2) is 6.15. The number of hydrogen-bond donors (Lipinski definition) is 1. The molecule has 0 aliphatic rings. The van der Waals surface area contributed by atoms with Gasteiger partial charge in [0.1, 0.15) is 11.3 Å². The van der Waals surface area contributed by atoms with Crippen LogP contribution in [0.4, 0.5) is 11.6 Å². The number of aryl methyl sites for hydroxylation is 3. The van der Waals surface area contributed by atoms with Gasteiger partial charge in [-0.25, -0.2) is 19.5 Å². The van der Waals surface area contributed by atoms with Crippen molar-refractivity contribution < 1.29 is 0 Å². The Morgan fingerprint density at radius 1 is 1.11 bits per heavy atom. The number of hydrogen-bond acceptors (Lipinski definition) is 6. The van der Waals surface area contributed by atoms with Crippen molar-refractivity contribution in [2.45, 2.75) is 20.4 Å². The first-order valence-electron chi connectivity index (χ1n) is 9.06. The predicted octanol–water partition coefficient (Wildman–Crippen LogP) is 2.95. The van der Waals surface area contributed by atoms with Gasteiger partial charge in [-0.1, -0.05) is 0 Å². The van der Waals surface area contributed by atoms with Crippen molar-refractivity contribution >= 4 is 28.3 Å². The van der Waals surface area contributed by atoms with E-state index in [4.69, 9.17) is 4.98 Å². The van der Waals surface area contributed by atoms with Crippen LogP contribution in [0.25, 0.3) is 27.9 Å². The summed E-state index contributed by atoms with van der Waals surface area (Å²) in [7, 11) is 1.86. The molecule has 0 saturated carbocycles. The lowest BCUT2D eigenvalue weighted by molar-refractivity contribution is 0.746. The number of nitrogens with zero attached hydrogens (tertiary/aromatic N) is 8. The predicted molar refractivity (Wildman–Crippen MR) is 106 cm³/mol. The highest BCUT2D eigenvalue weighted by molar-refractivity contribution is 5.82. The van der Waals surface area contributed by atoms with Crippen molar-refractivity contribution in [2.75, 3.05) is 5.32 Å². The molecule has 140 valence electrons. The first-order valence-corrected chi connectivity index (χ1v) is 9.06. The Hall–Kier alpha value is -3.75. The third kappa shape index (κ3) is 2.59. The molecule has 0 amide bonds. The zero-order valence-electron chi connectivity index (χ0n) is 15.8. The highest BCUT2D eigenvalue weighted by atomic mass is 15.3. The first kappa shape index (κ1) is 16.4. The molecule has 0 bridgehead atoms. The second-order valence-electron chi connectivity index (χ2n) is 6.61. The maximum atomic E-state index is 4.86. The smallest absolute Gasteiger partial charge is 0.245 e. The summed E-state index contributed by atoms with van der Waals surface area (Å²) in [5, 5.41) is 11.8. The molecule has 9 heteroatoms. The summed E-state index contributed by atoms with van der Waals surface area (Å²) in [6.07, 6.45) is 7.31. The molecule has 5 aromatic heterocycles. The van der Waals surface area contributed by atoms with Gasteiger partial charge in [-0.2, -0.15) is 5.10 Å². The fraction of sp³-hybridized carbons (Fsp3) is 0.211. The molecule has 0 unspecified atom stereocenters. The molecular weight excluding hydrogens is 354 g/mol. The maximum absolute atomic E-state index is 4.86. The summed E-state index contributed by atoms with van der Waals surface area (Å²) in [6.45, 7) is 4.94. The molecule has 0 atom stereocenters. The van der Waals surface area contributed by atoms with Gasteiger partial charge < -0.3 is 9.88 Å². The lowest BCUT2D eigenvalue weighted by atomic mass is 10.2. The van der Waals surface area contributed by atoms with Gasteiger partial charge in [0.05, 0.1) is 29.3 Å². The van der Waals surface area contributed by atoms with Crippen LogP contribution in [0, 0.1) is 6.92 Å². The second-order valence-corrected chi connectivity index (χ2v) is 6.61. The molecule has 0 radical (unpaired) electrons. The van der Waals surface area contributed by atoms with E-state index < -0.39 is 0 Å². The number of nitrogens with one attached hydrogen (secondary N) is 1. The minimum atomic E-state index is 0.505. The summed E-state index contributed by atoms with van der Waals surface area (Å²) >= 11 is 0. The van der Waals surface area contributed by atoms with Crippen LogP contribution in [0.3, 0.4) is 0 Å². The molecular formula is C19H19N9. The fourth-order valence-electron chi connectivity index (χ4n) is 3.43. The molecule has 0 aromatic carbocycles. The molecule has 1 N–H and O–H groups in total. The van der Waals surface area contributed by atoms with Gasteiger partial charge in [0.15, 0.2) is 5.65 Å². The number of fused-ring (bicyclic) bond motifs is 2. The highest BCUT2D eigenvalue weighted by Gasteiger charge is 2.13. The molecule has 0 fully saturated rings. The Kier molecular flexibility index (Phi) is 3.61. The van der Waals surface area contributed by atoms with Crippen LogP contribution in [0.15, 0.2) is 43.0 Å². The van der Waals surface area contributed by atoms with Crippen LogP contribution < -0.4 is 5.32 Å². The Balaban J connectivity index is 1.55. The molecule has 5 rings (SSSR count). The van der Waals surface area contributed by atoms with E-state index in [2.05, 4.69) is 37.0 Å². The maximum Gasteiger partial charge on any atom is 0.245 e. The SMILES string of the molecule is CCn1c(C)nc2ccc(-c3ccn4nc(Nc5cnn(C)c5)ncc34)nc21. The molecule has 9 nitrogen and oxygen atoms in total. The number of pyridine rings is 1. The van der Waals surface area contributed by atoms with E-state index in [0.29, 0.717) is 5.95 Å². The molecule has 0 saturated heterocycles. The standard InChI is InChI=1S/C19H19N9/c1-4-27-12(2)22-16-6-5-15(24-18(16)27)14-7-8-28-17(14)10-20-19(25-28)23-13-9-21-26(3)11-13/h5-11H,4H2,1-3H3,(H,23,25). The average molecular weight is 373 g/mol. The summed E-state index contributed by atoms with van der Waals surface area (Å²) in [5.74, 6) is 1.48. The molecule has 5 aromatic rings. The van der Waals surface area contributed by atoms with Crippen LogP contribution in [-0.2, 0) is 13.6 Å². The number of anilines is 2. The summed E-state index contributed by atoms with van der Waals surface area (Å²) < 4.78 is 5.64. The third-order valence-electron chi connectivity index (χ3n) is 4.75. The van der Waals surface area contributed by atoms with Crippen molar-refractivity contribution in [3.63, 3.8) is 0 Å². The van der Waals surface area contributed by atoms with E-state index in [0.717, 1.165) is 46.0 Å². The van der Waals surface area contributed by atoms with Crippen molar-refractivity contribution in [1.29, 1.82) is 0 Å². The van der Waals surface area contributed by atoms with Crippen LogP contribution in [0.5, 0.6) is 0 Å². The van der Waals surface area contributed by atoms with Gasteiger partial charge in [0.25, 0.3) is 0 Å². The highest BCUT2D eigenvalue weighted by Crippen LogP contribution is 2.26. The molecule has 0 spiro atoms.